The van der Waals surface area contributed by atoms with Gasteiger partial charge in [-0.1, -0.05) is 74.5 Å². The minimum absolute atomic E-state index is 0.0922. The summed E-state index contributed by atoms with van der Waals surface area (Å²) in [5, 5.41) is 15.1. The van der Waals surface area contributed by atoms with E-state index in [1.165, 1.54) is 4.90 Å². The number of hydrogen-bond donors (Lipinski definition) is 3. The second-order valence-corrected chi connectivity index (χ2v) is 11.9. The monoisotopic (exact) mass is 600 g/mol. The molecule has 4 rings (SSSR count). The number of benzene rings is 3. The van der Waals surface area contributed by atoms with Gasteiger partial charge in [0.15, 0.2) is 6.10 Å². The third kappa shape index (κ3) is 7.84. The molecule has 0 unspecified atom stereocenters. The smallest absolute Gasteiger partial charge is 0.411 e. The Morgan fingerprint density at radius 3 is 1.98 bits per heavy atom. The van der Waals surface area contributed by atoms with E-state index in [2.05, 4.69) is 15.5 Å². The van der Waals surface area contributed by atoms with E-state index in [0.717, 1.165) is 47.2 Å². The molecule has 1 aliphatic carbocycles. The van der Waals surface area contributed by atoms with Crippen LogP contribution in [0.3, 0.4) is 0 Å². The highest BCUT2D eigenvalue weighted by Crippen LogP contribution is 2.45. The van der Waals surface area contributed by atoms with Gasteiger partial charge in [0.2, 0.25) is 11.8 Å². The van der Waals surface area contributed by atoms with Gasteiger partial charge in [-0.3, -0.25) is 14.5 Å². The van der Waals surface area contributed by atoms with Crippen LogP contribution in [0.4, 0.5) is 10.5 Å². The van der Waals surface area contributed by atoms with Crippen LogP contribution in [0.25, 0.3) is 11.1 Å². The molecular formula is C35H44N4O5. The van der Waals surface area contributed by atoms with Crippen LogP contribution in [-0.2, 0) is 20.9 Å². The molecule has 0 spiro atoms. The molecule has 1 aliphatic rings. The number of rotatable bonds is 13. The van der Waals surface area contributed by atoms with E-state index in [1.807, 2.05) is 76.5 Å². The topological polar surface area (TPSA) is 111 Å². The molecule has 0 heterocycles. The largest absolute Gasteiger partial charge is 0.436 e. The number of aliphatic hydroxyl groups is 1. The quantitative estimate of drug-likeness (QED) is 0.233. The average molecular weight is 601 g/mol. The zero-order chi connectivity index (χ0) is 31.8. The Kier molecular flexibility index (Phi) is 11.1. The van der Waals surface area contributed by atoms with Crippen LogP contribution in [-0.4, -0.2) is 72.6 Å². The molecule has 44 heavy (non-hydrogen) atoms. The maximum atomic E-state index is 13.8. The van der Waals surface area contributed by atoms with Crippen molar-refractivity contribution >= 4 is 23.6 Å². The molecule has 3 amide bonds. The zero-order valence-electron chi connectivity index (χ0n) is 26.2. The van der Waals surface area contributed by atoms with E-state index in [9.17, 15) is 19.5 Å². The van der Waals surface area contributed by atoms with E-state index in [1.54, 1.807) is 31.3 Å². The van der Waals surface area contributed by atoms with Crippen LogP contribution in [0.1, 0.15) is 55.9 Å². The first-order chi connectivity index (χ1) is 21.1. The third-order valence-corrected chi connectivity index (χ3v) is 7.99. The lowest BCUT2D eigenvalue weighted by atomic mass is 10.0. The van der Waals surface area contributed by atoms with Gasteiger partial charge in [-0.2, -0.15) is 0 Å². The fourth-order valence-electron chi connectivity index (χ4n) is 5.68. The molecule has 3 aromatic carbocycles. The Morgan fingerprint density at radius 2 is 1.43 bits per heavy atom. The van der Waals surface area contributed by atoms with Crippen LogP contribution in [0.5, 0.6) is 0 Å². The number of nitrogens with one attached hydrogen (secondary N) is 2. The summed E-state index contributed by atoms with van der Waals surface area (Å²) < 4.78 is 6.06. The van der Waals surface area contributed by atoms with Gasteiger partial charge in [0.25, 0.3) is 0 Å². The number of ether oxygens (including phenoxy) is 1. The van der Waals surface area contributed by atoms with Crippen LogP contribution < -0.4 is 10.6 Å². The molecule has 0 aromatic heterocycles. The Labute approximate surface area is 260 Å². The molecule has 2 atom stereocenters. The van der Waals surface area contributed by atoms with E-state index in [-0.39, 0.29) is 18.4 Å². The molecule has 0 bridgehead atoms. The molecule has 0 saturated heterocycles. The molecule has 3 N–H and O–H groups in total. The van der Waals surface area contributed by atoms with Gasteiger partial charge >= 0.3 is 6.09 Å². The van der Waals surface area contributed by atoms with Gasteiger partial charge in [-0.05, 0) is 74.6 Å². The maximum absolute atomic E-state index is 13.8. The van der Waals surface area contributed by atoms with Crippen molar-refractivity contribution < 1.29 is 24.2 Å². The van der Waals surface area contributed by atoms with Gasteiger partial charge in [0, 0.05) is 23.9 Å². The number of likely N-dealkylation sites (N-methyl/N-ethyl adjacent to an activating group) is 1. The minimum atomic E-state index is -0.865. The summed E-state index contributed by atoms with van der Waals surface area (Å²) in [6.45, 7) is 4.50. The summed E-state index contributed by atoms with van der Waals surface area (Å²) in [5.74, 6) is -1.01. The Bertz CT molecular complexity index is 1390. The average Bonchev–Trinajstić information content (AvgIpc) is 3.32. The van der Waals surface area contributed by atoms with Crippen molar-refractivity contribution in [2.45, 2.75) is 57.9 Å². The molecule has 9 heteroatoms. The summed E-state index contributed by atoms with van der Waals surface area (Å²) >= 11 is 0. The van der Waals surface area contributed by atoms with E-state index >= 15 is 0 Å². The first-order valence-corrected chi connectivity index (χ1v) is 15.2. The van der Waals surface area contributed by atoms with Gasteiger partial charge in [0.05, 0.1) is 6.61 Å². The predicted octanol–water partition coefficient (Wildman–Crippen LogP) is 5.20. The second-order valence-electron chi connectivity index (χ2n) is 11.9. The highest BCUT2D eigenvalue weighted by Gasteiger charge is 2.37. The van der Waals surface area contributed by atoms with Crippen molar-refractivity contribution in [3.05, 3.63) is 89.5 Å². The molecule has 0 aliphatic heterocycles. The SMILES string of the molecule is CC(C)[C@@H](C(=O)N[C@@H](CCCCN(C)C)C(=O)Nc1ccc(CO)cc1)N(C)C(=O)OC1c2ccccc2-c2ccccc21. The fourth-order valence-corrected chi connectivity index (χ4v) is 5.68. The van der Waals surface area contributed by atoms with Crippen molar-refractivity contribution in [2.75, 3.05) is 33.0 Å². The third-order valence-electron chi connectivity index (χ3n) is 7.99. The number of nitrogens with zero attached hydrogens (tertiary/aromatic N) is 2. The molecule has 0 fully saturated rings. The minimum Gasteiger partial charge on any atom is -0.436 e. The van der Waals surface area contributed by atoms with Gasteiger partial charge < -0.3 is 25.4 Å². The Hall–Kier alpha value is -4.21. The highest BCUT2D eigenvalue weighted by molar-refractivity contribution is 5.98. The Morgan fingerprint density at radius 1 is 0.841 bits per heavy atom. The van der Waals surface area contributed by atoms with Crippen LogP contribution >= 0.6 is 0 Å². The van der Waals surface area contributed by atoms with E-state index in [4.69, 9.17) is 4.74 Å². The number of carbonyl (C=O) groups is 3. The van der Waals surface area contributed by atoms with Crippen LogP contribution in [0, 0.1) is 5.92 Å². The fraction of sp³-hybridized carbons (Fsp3) is 0.400. The predicted molar refractivity (Wildman–Crippen MR) is 172 cm³/mol. The molecule has 9 nitrogen and oxygen atoms in total. The highest BCUT2D eigenvalue weighted by atomic mass is 16.6. The number of amides is 3. The normalized spacial score (nSPS) is 13.6. The lowest BCUT2D eigenvalue weighted by Gasteiger charge is -2.32. The molecule has 234 valence electrons. The van der Waals surface area contributed by atoms with Crippen molar-refractivity contribution in [1.29, 1.82) is 0 Å². The van der Waals surface area contributed by atoms with E-state index < -0.39 is 30.2 Å². The lowest BCUT2D eigenvalue weighted by Crippen LogP contribution is -2.55. The summed E-state index contributed by atoms with van der Waals surface area (Å²) in [6, 6.07) is 20.9. The summed E-state index contributed by atoms with van der Waals surface area (Å²) in [4.78, 5) is 44.2. The van der Waals surface area contributed by atoms with Crippen molar-refractivity contribution in [3.8, 4) is 11.1 Å². The van der Waals surface area contributed by atoms with Crippen molar-refractivity contribution in [3.63, 3.8) is 0 Å². The maximum Gasteiger partial charge on any atom is 0.411 e. The summed E-state index contributed by atoms with van der Waals surface area (Å²) in [7, 11) is 5.55. The molecule has 3 aromatic rings. The number of anilines is 1. The van der Waals surface area contributed by atoms with Gasteiger partial charge in [-0.25, -0.2) is 4.79 Å². The van der Waals surface area contributed by atoms with E-state index in [0.29, 0.717) is 12.1 Å². The Balaban J connectivity index is 1.48. The van der Waals surface area contributed by atoms with Crippen LogP contribution in [0.15, 0.2) is 72.8 Å². The molecule has 0 saturated carbocycles. The van der Waals surface area contributed by atoms with Gasteiger partial charge in [-0.15, -0.1) is 0 Å². The van der Waals surface area contributed by atoms with Crippen molar-refractivity contribution in [1.82, 2.24) is 15.1 Å². The molecular weight excluding hydrogens is 556 g/mol. The number of fused-ring (bicyclic) bond motifs is 3. The molecule has 0 radical (unpaired) electrons. The van der Waals surface area contributed by atoms with Crippen LogP contribution in [0.2, 0.25) is 0 Å². The summed E-state index contributed by atoms with van der Waals surface area (Å²) in [5.41, 5.74) is 5.16. The first-order valence-electron chi connectivity index (χ1n) is 15.2. The van der Waals surface area contributed by atoms with Gasteiger partial charge in [0.1, 0.15) is 12.1 Å². The second kappa shape index (κ2) is 15.0. The number of carbonyl (C=O) groups excluding carboxylic acids is 3. The first kappa shape index (κ1) is 32.7. The standard InChI is InChI=1S/C35H44N4O5/c1-23(2)31(39(5)35(43)44-32-28-14-8-6-12-26(28)27-13-7-9-15-29(27)32)34(42)37-30(16-10-11-21-38(3)4)33(41)36-25-19-17-24(22-40)18-20-25/h6-9,12-15,17-20,23,30-32,40H,10-11,16,21-22H2,1-5H3,(H,36,41)(H,37,42)/t30-,31-/m0/s1. The zero-order valence-corrected chi connectivity index (χ0v) is 26.2. The lowest BCUT2D eigenvalue weighted by molar-refractivity contribution is -0.131. The number of unbranched alkanes of at least 4 members (excludes halogenated alkanes) is 1. The number of aliphatic hydroxyl groups excluding tert-OH is 1. The van der Waals surface area contributed by atoms with Crippen molar-refractivity contribution in [2.24, 2.45) is 5.92 Å². The number of hydrogen-bond acceptors (Lipinski definition) is 6. The summed E-state index contributed by atoms with van der Waals surface area (Å²) in [6.07, 6.45) is 0.827.